The fraction of sp³-hybridized carbons (Fsp3) is 0.0556. The van der Waals surface area contributed by atoms with Crippen LogP contribution in [0, 0.1) is 11.3 Å². The van der Waals surface area contributed by atoms with Gasteiger partial charge in [0.05, 0.1) is 17.2 Å². The molecule has 0 saturated heterocycles. The van der Waals surface area contributed by atoms with Crippen LogP contribution in [-0.4, -0.2) is 20.3 Å². The predicted octanol–water partition coefficient (Wildman–Crippen LogP) is 2.40. The van der Waals surface area contributed by atoms with Crippen LogP contribution in [0.4, 0.5) is 0 Å². The lowest BCUT2D eigenvalue weighted by molar-refractivity contribution is 0.378. The standard InChI is InChI=1S/C18H13N5O2/c19-9-13-14(11-2-1-3-12(24)8-11)15-16(10-4-6-21-7-5-10)22-23-18(15)25-17(13)20/h1-8,14,24H,20H2,(H,22,23)/t14-/m1/s1. The number of phenols is 1. The van der Waals surface area contributed by atoms with E-state index < -0.39 is 5.92 Å². The number of rotatable bonds is 2. The van der Waals surface area contributed by atoms with Crippen LogP contribution in [0.1, 0.15) is 17.0 Å². The van der Waals surface area contributed by atoms with Crippen molar-refractivity contribution in [2.75, 3.05) is 0 Å². The number of hydrogen-bond acceptors (Lipinski definition) is 6. The first-order valence-corrected chi connectivity index (χ1v) is 7.54. The second-order valence-electron chi connectivity index (χ2n) is 5.57. The average molecular weight is 331 g/mol. The van der Waals surface area contributed by atoms with Crippen LogP contribution in [0.15, 0.2) is 60.2 Å². The van der Waals surface area contributed by atoms with Gasteiger partial charge in [0.25, 0.3) is 0 Å². The molecule has 1 atom stereocenters. The lowest BCUT2D eigenvalue weighted by Gasteiger charge is -2.24. The van der Waals surface area contributed by atoms with E-state index >= 15 is 0 Å². The lowest BCUT2D eigenvalue weighted by atomic mass is 9.83. The topological polar surface area (TPSA) is 121 Å². The van der Waals surface area contributed by atoms with Gasteiger partial charge in [0, 0.05) is 18.0 Å². The predicted molar refractivity (Wildman–Crippen MR) is 89.2 cm³/mol. The van der Waals surface area contributed by atoms with E-state index in [1.807, 2.05) is 18.2 Å². The van der Waals surface area contributed by atoms with Gasteiger partial charge in [0.1, 0.15) is 17.4 Å². The number of hydrogen-bond donors (Lipinski definition) is 3. The number of H-pyrrole nitrogens is 1. The molecule has 122 valence electrons. The number of allylic oxidation sites excluding steroid dienone is 1. The minimum absolute atomic E-state index is 0.0103. The van der Waals surface area contributed by atoms with Crippen molar-refractivity contribution in [3.63, 3.8) is 0 Å². The summed E-state index contributed by atoms with van der Waals surface area (Å²) in [5.41, 5.74) is 9.19. The van der Waals surface area contributed by atoms with Crippen LogP contribution in [0.5, 0.6) is 11.6 Å². The number of ether oxygens (including phenoxy) is 1. The van der Waals surface area contributed by atoms with Crippen molar-refractivity contribution < 1.29 is 9.84 Å². The number of nitriles is 1. The van der Waals surface area contributed by atoms with E-state index in [-0.39, 0.29) is 17.2 Å². The molecule has 4 rings (SSSR count). The highest BCUT2D eigenvalue weighted by molar-refractivity contribution is 5.70. The Bertz CT molecular complexity index is 1020. The first-order chi connectivity index (χ1) is 12.2. The number of benzene rings is 1. The van der Waals surface area contributed by atoms with Gasteiger partial charge in [-0.25, -0.2) is 0 Å². The van der Waals surface area contributed by atoms with E-state index in [9.17, 15) is 10.4 Å². The molecule has 2 aromatic heterocycles. The molecule has 1 aromatic carbocycles. The van der Waals surface area contributed by atoms with Crippen molar-refractivity contribution in [3.05, 3.63) is 71.4 Å². The molecule has 25 heavy (non-hydrogen) atoms. The van der Waals surface area contributed by atoms with Gasteiger partial charge in [-0.15, -0.1) is 5.10 Å². The summed E-state index contributed by atoms with van der Waals surface area (Å²) < 4.78 is 5.53. The lowest BCUT2D eigenvalue weighted by Crippen LogP contribution is -2.20. The van der Waals surface area contributed by atoms with E-state index in [1.54, 1.807) is 30.6 Å². The fourth-order valence-corrected chi connectivity index (χ4v) is 3.02. The van der Waals surface area contributed by atoms with E-state index in [0.717, 1.165) is 11.1 Å². The van der Waals surface area contributed by atoms with Crippen LogP contribution in [-0.2, 0) is 0 Å². The summed E-state index contributed by atoms with van der Waals surface area (Å²) in [6, 6.07) is 12.5. The Morgan fingerprint density at radius 3 is 2.76 bits per heavy atom. The second-order valence-corrected chi connectivity index (χ2v) is 5.57. The number of pyridine rings is 1. The molecule has 0 spiro atoms. The van der Waals surface area contributed by atoms with Crippen molar-refractivity contribution >= 4 is 0 Å². The number of fused-ring (bicyclic) bond motifs is 1. The van der Waals surface area contributed by atoms with Gasteiger partial charge in [-0.1, -0.05) is 12.1 Å². The number of nitrogens with two attached hydrogens (primary N) is 1. The molecule has 1 aliphatic rings. The molecule has 0 amide bonds. The SMILES string of the molecule is N#CC1=C(N)Oc2n[nH]c(-c3ccncc3)c2[C@@H]1c1cccc(O)c1. The maximum atomic E-state index is 9.86. The summed E-state index contributed by atoms with van der Waals surface area (Å²) in [5.74, 6) is -0.0640. The van der Waals surface area contributed by atoms with Crippen molar-refractivity contribution in [1.82, 2.24) is 15.2 Å². The summed E-state index contributed by atoms with van der Waals surface area (Å²) >= 11 is 0. The average Bonchev–Trinajstić information content (AvgIpc) is 3.04. The van der Waals surface area contributed by atoms with Crippen LogP contribution < -0.4 is 10.5 Å². The Balaban J connectivity index is 1.97. The molecule has 3 heterocycles. The molecule has 3 aromatic rings. The first-order valence-electron chi connectivity index (χ1n) is 7.54. The number of phenolic OH excluding ortho intramolecular Hbond substituents is 1. The molecule has 0 saturated carbocycles. The van der Waals surface area contributed by atoms with Crippen LogP contribution >= 0.6 is 0 Å². The summed E-state index contributed by atoms with van der Waals surface area (Å²) in [4.78, 5) is 4.02. The highest BCUT2D eigenvalue weighted by atomic mass is 16.5. The number of aromatic nitrogens is 3. The van der Waals surface area contributed by atoms with Gasteiger partial charge in [0.2, 0.25) is 11.8 Å². The van der Waals surface area contributed by atoms with Crippen molar-refractivity contribution in [2.45, 2.75) is 5.92 Å². The van der Waals surface area contributed by atoms with Gasteiger partial charge < -0.3 is 15.6 Å². The molecule has 0 aliphatic carbocycles. The highest BCUT2D eigenvalue weighted by Crippen LogP contribution is 2.45. The first kappa shape index (κ1) is 14.8. The molecule has 0 fully saturated rings. The Labute approximate surface area is 143 Å². The minimum Gasteiger partial charge on any atom is -0.508 e. The highest BCUT2D eigenvalue weighted by Gasteiger charge is 2.35. The molecule has 7 nitrogen and oxygen atoms in total. The Kier molecular flexibility index (Phi) is 3.36. The van der Waals surface area contributed by atoms with Crippen LogP contribution in [0.25, 0.3) is 11.3 Å². The zero-order valence-electron chi connectivity index (χ0n) is 13.0. The van der Waals surface area contributed by atoms with Crippen LogP contribution in [0.3, 0.4) is 0 Å². The van der Waals surface area contributed by atoms with E-state index in [4.69, 9.17) is 10.5 Å². The molecule has 7 heteroatoms. The van der Waals surface area contributed by atoms with Crippen molar-refractivity contribution in [1.29, 1.82) is 5.26 Å². The van der Waals surface area contributed by atoms with Gasteiger partial charge in [-0.3, -0.25) is 10.1 Å². The molecule has 0 bridgehead atoms. The molecule has 4 N–H and O–H groups in total. The zero-order valence-corrected chi connectivity index (χ0v) is 13.0. The van der Waals surface area contributed by atoms with Gasteiger partial charge >= 0.3 is 0 Å². The fourth-order valence-electron chi connectivity index (χ4n) is 3.02. The van der Waals surface area contributed by atoms with E-state index in [1.165, 1.54) is 0 Å². The van der Waals surface area contributed by atoms with E-state index in [0.29, 0.717) is 17.1 Å². The van der Waals surface area contributed by atoms with Gasteiger partial charge in [-0.05, 0) is 29.8 Å². The van der Waals surface area contributed by atoms with E-state index in [2.05, 4.69) is 21.3 Å². The molecule has 0 unspecified atom stereocenters. The molecular weight excluding hydrogens is 318 g/mol. The zero-order chi connectivity index (χ0) is 17.4. The number of nitrogens with zero attached hydrogens (tertiary/aromatic N) is 3. The van der Waals surface area contributed by atoms with Gasteiger partial charge in [0.15, 0.2) is 0 Å². The third-order valence-corrected chi connectivity index (χ3v) is 4.11. The van der Waals surface area contributed by atoms with Gasteiger partial charge in [-0.2, -0.15) is 5.26 Å². The summed E-state index contributed by atoms with van der Waals surface area (Å²) in [5, 5.41) is 26.6. The minimum atomic E-state index is -0.497. The summed E-state index contributed by atoms with van der Waals surface area (Å²) in [6.45, 7) is 0. The quantitative estimate of drug-likeness (QED) is 0.663. The number of aromatic hydroxyl groups is 1. The summed E-state index contributed by atoms with van der Waals surface area (Å²) in [7, 11) is 0. The molecule has 0 radical (unpaired) electrons. The van der Waals surface area contributed by atoms with Crippen molar-refractivity contribution in [3.8, 4) is 29.0 Å². The largest absolute Gasteiger partial charge is 0.508 e. The summed E-state index contributed by atoms with van der Waals surface area (Å²) in [6.07, 6.45) is 3.34. The monoisotopic (exact) mass is 331 g/mol. The normalized spacial score (nSPS) is 16.0. The third-order valence-electron chi connectivity index (χ3n) is 4.11. The maximum Gasteiger partial charge on any atom is 0.244 e. The maximum absolute atomic E-state index is 9.86. The van der Waals surface area contributed by atoms with Crippen molar-refractivity contribution in [2.24, 2.45) is 5.73 Å². The molecule has 1 aliphatic heterocycles. The number of nitrogens with one attached hydrogen (secondary N) is 1. The Hall–Kier alpha value is -3.79. The second kappa shape index (κ2) is 5.69. The van der Waals surface area contributed by atoms with Crippen LogP contribution in [0.2, 0.25) is 0 Å². The Morgan fingerprint density at radius 2 is 2.04 bits per heavy atom. The number of aromatic amines is 1. The molecular formula is C18H13N5O2. The Morgan fingerprint density at radius 1 is 1.24 bits per heavy atom. The smallest absolute Gasteiger partial charge is 0.244 e. The third kappa shape index (κ3) is 2.37.